The molecule has 1 heterocycles. The molecule has 0 aliphatic rings. The average Bonchev–Trinajstić information content (AvgIpc) is 3.02. The van der Waals surface area contributed by atoms with E-state index in [1.807, 2.05) is 24.3 Å². The molecule has 0 radical (unpaired) electrons. The van der Waals surface area contributed by atoms with Crippen LogP contribution in [0.3, 0.4) is 0 Å². The van der Waals surface area contributed by atoms with Crippen molar-refractivity contribution in [1.29, 1.82) is 0 Å². The molecule has 25 heavy (non-hydrogen) atoms. The summed E-state index contributed by atoms with van der Waals surface area (Å²) < 4.78 is 18.1. The SMILES string of the molecule is O=C(Cc1[nH]nc2ccccc12)NC[C@H](O)COc1ccc(F)cc1. The number of nitrogens with zero attached hydrogens (tertiary/aromatic N) is 1. The van der Waals surface area contributed by atoms with Gasteiger partial charge in [-0.15, -0.1) is 0 Å². The Labute approximate surface area is 143 Å². The van der Waals surface area contributed by atoms with E-state index in [-0.39, 0.29) is 31.3 Å². The molecule has 0 aliphatic carbocycles. The number of para-hydroxylation sites is 1. The number of fused-ring (bicyclic) bond motifs is 1. The van der Waals surface area contributed by atoms with Gasteiger partial charge in [0.15, 0.2) is 0 Å². The zero-order chi connectivity index (χ0) is 17.6. The average molecular weight is 343 g/mol. The lowest BCUT2D eigenvalue weighted by Gasteiger charge is -2.13. The van der Waals surface area contributed by atoms with Gasteiger partial charge in [-0.05, 0) is 30.3 Å². The van der Waals surface area contributed by atoms with Crippen LogP contribution in [0.2, 0.25) is 0 Å². The molecule has 6 nitrogen and oxygen atoms in total. The van der Waals surface area contributed by atoms with Crippen LogP contribution in [0.5, 0.6) is 5.75 Å². The standard InChI is InChI=1S/C18H18FN3O3/c19-12-5-7-14(8-6-12)25-11-13(23)10-20-18(24)9-17-15-3-1-2-4-16(15)21-22-17/h1-8,13,23H,9-11H2,(H,20,24)(H,21,22)/t13-/m0/s1. The quantitative estimate of drug-likeness (QED) is 0.610. The lowest BCUT2D eigenvalue weighted by molar-refractivity contribution is -0.121. The van der Waals surface area contributed by atoms with Crippen molar-refractivity contribution in [3.8, 4) is 5.75 Å². The summed E-state index contributed by atoms with van der Waals surface area (Å²) in [6, 6.07) is 13.0. The van der Waals surface area contributed by atoms with E-state index in [9.17, 15) is 14.3 Å². The van der Waals surface area contributed by atoms with E-state index in [0.717, 1.165) is 16.6 Å². The number of aliphatic hydroxyl groups excluding tert-OH is 1. The number of rotatable bonds is 7. The maximum atomic E-state index is 12.8. The number of aliphatic hydroxyl groups is 1. The van der Waals surface area contributed by atoms with Gasteiger partial charge >= 0.3 is 0 Å². The van der Waals surface area contributed by atoms with Gasteiger partial charge in [0.05, 0.1) is 17.6 Å². The van der Waals surface area contributed by atoms with Crippen LogP contribution in [0.1, 0.15) is 5.69 Å². The lowest BCUT2D eigenvalue weighted by Crippen LogP contribution is -2.36. The Morgan fingerprint density at radius 1 is 1.24 bits per heavy atom. The highest BCUT2D eigenvalue weighted by Crippen LogP contribution is 2.15. The normalized spacial score (nSPS) is 12.1. The fourth-order valence-electron chi connectivity index (χ4n) is 2.39. The van der Waals surface area contributed by atoms with Gasteiger partial charge in [0.25, 0.3) is 0 Å². The first-order valence-electron chi connectivity index (χ1n) is 7.87. The molecule has 1 aromatic heterocycles. The van der Waals surface area contributed by atoms with Crippen LogP contribution in [0.4, 0.5) is 4.39 Å². The molecule has 0 saturated carbocycles. The van der Waals surface area contributed by atoms with E-state index >= 15 is 0 Å². The summed E-state index contributed by atoms with van der Waals surface area (Å²) in [5, 5.41) is 20.4. The fraction of sp³-hybridized carbons (Fsp3) is 0.222. The minimum Gasteiger partial charge on any atom is -0.491 e. The zero-order valence-corrected chi connectivity index (χ0v) is 13.4. The van der Waals surface area contributed by atoms with Crippen LogP contribution >= 0.6 is 0 Å². The number of H-pyrrole nitrogens is 1. The van der Waals surface area contributed by atoms with Crippen LogP contribution in [0, 0.1) is 5.82 Å². The molecule has 3 N–H and O–H groups in total. The Hall–Kier alpha value is -2.93. The number of hydrogen-bond donors (Lipinski definition) is 3. The van der Waals surface area contributed by atoms with Gasteiger partial charge in [0.1, 0.15) is 24.3 Å². The third-order valence-electron chi connectivity index (χ3n) is 3.67. The molecule has 130 valence electrons. The third-order valence-corrected chi connectivity index (χ3v) is 3.67. The molecule has 7 heteroatoms. The van der Waals surface area contributed by atoms with Crippen LogP contribution in [-0.2, 0) is 11.2 Å². The van der Waals surface area contributed by atoms with E-state index in [1.54, 1.807) is 0 Å². The predicted octanol–water partition coefficient (Wildman–Crippen LogP) is 1.80. The van der Waals surface area contributed by atoms with Gasteiger partial charge in [0, 0.05) is 11.9 Å². The second kappa shape index (κ2) is 7.76. The molecular weight excluding hydrogens is 325 g/mol. The van der Waals surface area contributed by atoms with Gasteiger partial charge in [-0.2, -0.15) is 5.10 Å². The predicted molar refractivity (Wildman–Crippen MR) is 90.7 cm³/mol. The van der Waals surface area contributed by atoms with Crippen molar-refractivity contribution in [3.05, 3.63) is 60.0 Å². The number of nitrogens with one attached hydrogen (secondary N) is 2. The van der Waals surface area contributed by atoms with Crippen molar-refractivity contribution in [1.82, 2.24) is 15.5 Å². The van der Waals surface area contributed by atoms with Crippen molar-refractivity contribution in [2.24, 2.45) is 0 Å². The number of benzene rings is 2. The number of ether oxygens (including phenoxy) is 1. The first kappa shape index (κ1) is 16.9. The Balaban J connectivity index is 1.44. The van der Waals surface area contributed by atoms with E-state index in [2.05, 4.69) is 15.5 Å². The highest BCUT2D eigenvalue weighted by atomic mass is 19.1. The Morgan fingerprint density at radius 2 is 2.00 bits per heavy atom. The molecular formula is C18H18FN3O3. The summed E-state index contributed by atoms with van der Waals surface area (Å²) in [4.78, 5) is 12.0. The van der Waals surface area contributed by atoms with Gasteiger partial charge in [-0.1, -0.05) is 18.2 Å². The lowest BCUT2D eigenvalue weighted by atomic mass is 10.1. The number of carbonyl (C=O) groups is 1. The summed E-state index contributed by atoms with van der Waals surface area (Å²) in [5.41, 5.74) is 1.53. The first-order chi connectivity index (χ1) is 12.1. The van der Waals surface area contributed by atoms with Crippen molar-refractivity contribution in [3.63, 3.8) is 0 Å². The topological polar surface area (TPSA) is 87.2 Å². The molecule has 0 bridgehead atoms. The highest BCUT2D eigenvalue weighted by molar-refractivity contribution is 5.87. The van der Waals surface area contributed by atoms with Gasteiger partial charge in [0.2, 0.25) is 5.91 Å². The van der Waals surface area contributed by atoms with Crippen molar-refractivity contribution in [2.45, 2.75) is 12.5 Å². The molecule has 0 saturated heterocycles. The number of aromatic amines is 1. The van der Waals surface area contributed by atoms with E-state index < -0.39 is 6.10 Å². The summed E-state index contributed by atoms with van der Waals surface area (Å²) in [6.45, 7) is 0.0605. The molecule has 1 amide bonds. The van der Waals surface area contributed by atoms with E-state index in [1.165, 1.54) is 24.3 Å². The fourth-order valence-corrected chi connectivity index (χ4v) is 2.39. The van der Waals surface area contributed by atoms with Crippen molar-refractivity contribution >= 4 is 16.8 Å². The van der Waals surface area contributed by atoms with Gasteiger partial charge in [-0.25, -0.2) is 4.39 Å². The minimum atomic E-state index is -0.868. The zero-order valence-electron chi connectivity index (χ0n) is 13.4. The Morgan fingerprint density at radius 3 is 2.80 bits per heavy atom. The van der Waals surface area contributed by atoms with Crippen LogP contribution in [0.15, 0.2) is 48.5 Å². The minimum absolute atomic E-state index is 0.00109. The molecule has 0 spiro atoms. The highest BCUT2D eigenvalue weighted by Gasteiger charge is 2.12. The number of carbonyl (C=O) groups excluding carboxylic acids is 1. The Bertz CT molecular complexity index is 848. The monoisotopic (exact) mass is 343 g/mol. The molecule has 3 aromatic rings. The van der Waals surface area contributed by atoms with Gasteiger partial charge < -0.3 is 15.2 Å². The molecule has 1 atom stereocenters. The molecule has 3 rings (SSSR count). The van der Waals surface area contributed by atoms with Crippen molar-refractivity contribution in [2.75, 3.05) is 13.2 Å². The maximum Gasteiger partial charge on any atom is 0.226 e. The summed E-state index contributed by atoms with van der Waals surface area (Å²) >= 11 is 0. The third kappa shape index (κ3) is 4.54. The van der Waals surface area contributed by atoms with Gasteiger partial charge in [-0.3, -0.25) is 9.89 Å². The second-order valence-corrected chi connectivity index (χ2v) is 5.62. The van der Waals surface area contributed by atoms with Crippen LogP contribution < -0.4 is 10.1 Å². The van der Waals surface area contributed by atoms with Crippen LogP contribution in [0.25, 0.3) is 10.9 Å². The number of aromatic nitrogens is 2. The summed E-state index contributed by atoms with van der Waals surface area (Å²) in [6.07, 6.45) is -0.723. The summed E-state index contributed by atoms with van der Waals surface area (Å²) in [5.74, 6) is -0.127. The van der Waals surface area contributed by atoms with Crippen molar-refractivity contribution < 1.29 is 19.0 Å². The molecule has 0 fully saturated rings. The largest absolute Gasteiger partial charge is 0.491 e. The van der Waals surface area contributed by atoms with E-state index in [4.69, 9.17) is 4.74 Å². The number of hydrogen-bond acceptors (Lipinski definition) is 4. The van der Waals surface area contributed by atoms with E-state index in [0.29, 0.717) is 5.75 Å². The van der Waals surface area contributed by atoms with Crippen LogP contribution in [-0.4, -0.2) is 40.5 Å². The number of halogens is 1. The second-order valence-electron chi connectivity index (χ2n) is 5.62. The first-order valence-corrected chi connectivity index (χ1v) is 7.87. The summed E-state index contributed by atoms with van der Waals surface area (Å²) in [7, 11) is 0. The number of amides is 1. The Kier molecular flexibility index (Phi) is 5.25. The smallest absolute Gasteiger partial charge is 0.226 e. The molecule has 0 aliphatic heterocycles. The molecule has 2 aromatic carbocycles. The maximum absolute atomic E-state index is 12.8. The molecule has 0 unspecified atom stereocenters.